The van der Waals surface area contributed by atoms with Crippen LogP contribution in [0.3, 0.4) is 0 Å². The highest BCUT2D eigenvalue weighted by atomic mass is 32.1. The molecule has 2 aromatic carbocycles. The van der Waals surface area contributed by atoms with Gasteiger partial charge in [0.2, 0.25) is 0 Å². The lowest BCUT2D eigenvalue weighted by Gasteiger charge is -2.35. The lowest BCUT2D eigenvalue weighted by molar-refractivity contribution is -0.112. The van der Waals surface area contributed by atoms with Crippen molar-refractivity contribution in [3.05, 3.63) is 58.4 Å². The first-order chi connectivity index (χ1) is 13.7. The Hall–Kier alpha value is -2.64. The largest absolute Gasteiger partial charge is 0.353 e. The zero-order chi connectivity index (χ0) is 19.1. The maximum atomic E-state index is 14.1. The summed E-state index contributed by atoms with van der Waals surface area (Å²) < 4.78 is 20.0. The number of carbonyl (C=O) groups is 1. The molecule has 7 heteroatoms. The van der Waals surface area contributed by atoms with Crippen LogP contribution in [-0.4, -0.2) is 47.9 Å². The Balaban J connectivity index is 1.22. The minimum absolute atomic E-state index is 0.179. The van der Waals surface area contributed by atoms with Crippen molar-refractivity contribution in [1.82, 2.24) is 9.27 Å². The van der Waals surface area contributed by atoms with Gasteiger partial charge in [0.25, 0.3) is 5.91 Å². The van der Waals surface area contributed by atoms with Gasteiger partial charge < -0.3 is 4.90 Å². The van der Waals surface area contributed by atoms with Gasteiger partial charge in [0.05, 0.1) is 4.70 Å². The van der Waals surface area contributed by atoms with Gasteiger partial charge in [0.15, 0.2) is 0 Å². The molecule has 5 rings (SSSR count). The Kier molecular flexibility index (Phi) is 4.41. The SMILES string of the molecule is O=C1C=c2cc(CCN3CCN(c4nsc5ccccc45)CC3)cc(F)c2=N1. The van der Waals surface area contributed by atoms with Crippen molar-refractivity contribution in [2.45, 2.75) is 6.42 Å². The topological polar surface area (TPSA) is 48.8 Å². The Morgan fingerprint density at radius 2 is 1.93 bits per heavy atom. The lowest BCUT2D eigenvalue weighted by atomic mass is 10.1. The van der Waals surface area contributed by atoms with Crippen molar-refractivity contribution >= 4 is 39.4 Å². The summed E-state index contributed by atoms with van der Waals surface area (Å²) in [6, 6.07) is 11.7. The predicted molar refractivity (Wildman–Crippen MR) is 109 cm³/mol. The van der Waals surface area contributed by atoms with Crippen LogP contribution in [0.2, 0.25) is 0 Å². The molecule has 2 aliphatic rings. The first kappa shape index (κ1) is 17.5. The monoisotopic (exact) mass is 394 g/mol. The van der Waals surface area contributed by atoms with E-state index in [-0.39, 0.29) is 11.3 Å². The van der Waals surface area contributed by atoms with Crippen LogP contribution in [-0.2, 0) is 11.2 Å². The molecule has 0 N–H and O–H groups in total. The number of nitrogens with zero attached hydrogens (tertiary/aromatic N) is 4. The van der Waals surface area contributed by atoms with Gasteiger partial charge in [-0.25, -0.2) is 9.38 Å². The molecular formula is C21H19FN4OS. The fourth-order valence-corrected chi connectivity index (χ4v) is 4.69. The van der Waals surface area contributed by atoms with E-state index >= 15 is 0 Å². The summed E-state index contributed by atoms with van der Waals surface area (Å²) in [5.74, 6) is 0.302. The Bertz CT molecular complexity index is 1180. The maximum absolute atomic E-state index is 14.1. The van der Waals surface area contributed by atoms with Crippen LogP contribution in [0, 0.1) is 5.82 Å². The van der Waals surface area contributed by atoms with Crippen LogP contribution in [0.1, 0.15) is 5.56 Å². The number of amides is 1. The third-order valence-electron chi connectivity index (χ3n) is 5.40. The van der Waals surface area contributed by atoms with Crippen LogP contribution in [0.25, 0.3) is 16.2 Å². The summed E-state index contributed by atoms with van der Waals surface area (Å²) >= 11 is 1.55. The lowest BCUT2D eigenvalue weighted by Crippen LogP contribution is -2.47. The second-order valence-corrected chi connectivity index (χ2v) is 8.00. The zero-order valence-corrected chi connectivity index (χ0v) is 16.1. The summed E-state index contributed by atoms with van der Waals surface area (Å²) in [6.07, 6.45) is 2.16. The molecule has 142 valence electrons. The van der Waals surface area contributed by atoms with Crippen molar-refractivity contribution in [2.75, 3.05) is 37.6 Å². The normalized spacial score (nSPS) is 16.9. The molecule has 1 aromatic heterocycles. The quantitative estimate of drug-likeness (QED) is 0.676. The van der Waals surface area contributed by atoms with Gasteiger partial charge in [-0.05, 0) is 47.8 Å². The van der Waals surface area contributed by atoms with Crippen molar-refractivity contribution < 1.29 is 9.18 Å². The highest BCUT2D eigenvalue weighted by molar-refractivity contribution is 7.13. The molecule has 0 saturated carbocycles. The number of anilines is 1. The van der Waals surface area contributed by atoms with E-state index in [9.17, 15) is 9.18 Å². The molecule has 0 spiro atoms. The number of hydrogen-bond donors (Lipinski definition) is 0. The molecule has 1 amide bonds. The molecule has 0 bridgehead atoms. The Labute approximate surface area is 165 Å². The van der Waals surface area contributed by atoms with Crippen LogP contribution in [0.15, 0.2) is 41.4 Å². The van der Waals surface area contributed by atoms with Crippen molar-refractivity contribution in [3.8, 4) is 0 Å². The molecular weight excluding hydrogens is 375 g/mol. The molecule has 0 radical (unpaired) electrons. The Morgan fingerprint density at radius 1 is 1.11 bits per heavy atom. The number of halogens is 1. The van der Waals surface area contributed by atoms with E-state index in [4.69, 9.17) is 0 Å². The minimum atomic E-state index is -0.408. The van der Waals surface area contributed by atoms with Crippen molar-refractivity contribution in [1.29, 1.82) is 0 Å². The summed E-state index contributed by atoms with van der Waals surface area (Å²) in [4.78, 5) is 19.8. The fraction of sp³-hybridized carbons (Fsp3) is 0.286. The summed E-state index contributed by atoms with van der Waals surface area (Å²) in [7, 11) is 0. The summed E-state index contributed by atoms with van der Waals surface area (Å²) in [5.41, 5.74) is 0.908. The fourth-order valence-electron chi connectivity index (χ4n) is 3.90. The molecule has 3 aromatic rings. The number of benzene rings is 2. The number of aromatic nitrogens is 1. The molecule has 5 nitrogen and oxygen atoms in total. The van der Waals surface area contributed by atoms with E-state index < -0.39 is 5.82 Å². The average molecular weight is 394 g/mol. The van der Waals surface area contributed by atoms with Crippen LogP contribution in [0.5, 0.6) is 0 Å². The summed E-state index contributed by atoms with van der Waals surface area (Å²) in [5, 5.41) is 2.00. The van der Waals surface area contributed by atoms with Gasteiger partial charge >= 0.3 is 0 Å². The molecule has 1 fully saturated rings. The predicted octanol–water partition coefficient (Wildman–Crippen LogP) is 1.74. The van der Waals surface area contributed by atoms with Gasteiger partial charge in [-0.2, -0.15) is 4.37 Å². The van der Waals surface area contributed by atoms with E-state index in [1.54, 1.807) is 11.5 Å². The molecule has 28 heavy (non-hydrogen) atoms. The molecule has 1 saturated heterocycles. The summed E-state index contributed by atoms with van der Waals surface area (Å²) in [6.45, 7) is 4.66. The van der Waals surface area contributed by atoms with E-state index in [2.05, 4.69) is 37.4 Å². The second-order valence-electron chi connectivity index (χ2n) is 7.19. The molecule has 0 aliphatic carbocycles. The first-order valence-electron chi connectivity index (χ1n) is 9.42. The third kappa shape index (κ3) is 3.21. The first-order valence-corrected chi connectivity index (χ1v) is 10.2. The standard InChI is InChI=1S/C21H19FN4OS/c22-17-12-14(11-15-13-19(27)23-20(15)17)5-6-25-7-9-26(10-8-25)21-16-3-1-2-4-18(16)28-24-21/h1-4,11-13H,5-10H2. The zero-order valence-electron chi connectivity index (χ0n) is 15.3. The van der Waals surface area contributed by atoms with Crippen LogP contribution in [0.4, 0.5) is 10.2 Å². The number of hydrogen-bond acceptors (Lipinski definition) is 5. The van der Waals surface area contributed by atoms with Crippen LogP contribution < -0.4 is 15.5 Å². The molecule has 2 aliphatic heterocycles. The van der Waals surface area contributed by atoms with Crippen molar-refractivity contribution in [3.63, 3.8) is 0 Å². The number of rotatable bonds is 4. The van der Waals surface area contributed by atoms with E-state index in [0.29, 0.717) is 5.22 Å². The number of carbonyl (C=O) groups excluding carboxylic acids is 1. The molecule has 0 unspecified atom stereocenters. The van der Waals surface area contributed by atoms with E-state index in [1.165, 1.54) is 22.2 Å². The van der Waals surface area contributed by atoms with Gasteiger partial charge in [-0.3, -0.25) is 9.69 Å². The maximum Gasteiger partial charge on any atom is 0.271 e. The van der Waals surface area contributed by atoms with Gasteiger partial charge in [0.1, 0.15) is 17.0 Å². The smallest absolute Gasteiger partial charge is 0.271 e. The molecule has 0 atom stereocenters. The Morgan fingerprint density at radius 3 is 2.79 bits per heavy atom. The minimum Gasteiger partial charge on any atom is -0.353 e. The van der Waals surface area contributed by atoms with Crippen LogP contribution >= 0.6 is 11.5 Å². The second kappa shape index (κ2) is 7.07. The van der Waals surface area contributed by atoms with Gasteiger partial charge in [0, 0.05) is 49.4 Å². The van der Waals surface area contributed by atoms with Crippen molar-refractivity contribution in [2.24, 2.45) is 4.99 Å². The number of fused-ring (bicyclic) bond motifs is 2. The highest BCUT2D eigenvalue weighted by Crippen LogP contribution is 2.29. The molecule has 3 heterocycles. The third-order valence-corrected chi connectivity index (χ3v) is 6.22. The average Bonchev–Trinajstić information content (AvgIpc) is 3.30. The number of piperazine rings is 1. The van der Waals surface area contributed by atoms with Gasteiger partial charge in [-0.1, -0.05) is 12.1 Å². The highest BCUT2D eigenvalue weighted by Gasteiger charge is 2.20. The van der Waals surface area contributed by atoms with E-state index in [1.807, 2.05) is 12.1 Å². The van der Waals surface area contributed by atoms with E-state index in [0.717, 1.165) is 50.5 Å². The van der Waals surface area contributed by atoms with Gasteiger partial charge in [-0.15, -0.1) is 0 Å².